The average Bonchev–Trinajstić information content (AvgIpc) is 2.28. The van der Waals surface area contributed by atoms with Crippen LogP contribution < -0.4 is 4.90 Å². The van der Waals surface area contributed by atoms with Crippen molar-refractivity contribution >= 4 is 11.5 Å². The molecule has 0 amide bonds. The molecule has 0 aliphatic carbocycles. The van der Waals surface area contributed by atoms with Crippen LogP contribution in [0.15, 0.2) is 12.1 Å². The SMILES string of the molecule is CC(=O)Cc1cc2c3c(c1)CCCN3CCC2. The van der Waals surface area contributed by atoms with Gasteiger partial charge in [-0.2, -0.15) is 0 Å². The van der Waals surface area contributed by atoms with Gasteiger partial charge in [-0.1, -0.05) is 12.1 Å². The summed E-state index contributed by atoms with van der Waals surface area (Å²) in [7, 11) is 0. The Hall–Kier alpha value is -1.31. The third-order valence-electron chi connectivity index (χ3n) is 3.85. The highest BCUT2D eigenvalue weighted by molar-refractivity contribution is 5.79. The predicted molar refractivity (Wildman–Crippen MR) is 69.7 cm³/mol. The molecule has 0 unspecified atom stereocenters. The zero-order valence-electron chi connectivity index (χ0n) is 10.5. The highest BCUT2D eigenvalue weighted by Crippen LogP contribution is 2.36. The number of ketones is 1. The van der Waals surface area contributed by atoms with E-state index in [-0.39, 0.29) is 5.78 Å². The standard InChI is InChI=1S/C15H19NO/c1-11(17)8-12-9-13-4-2-6-16-7-3-5-14(10-12)15(13)16/h9-10H,2-8H2,1H3. The molecule has 0 saturated heterocycles. The van der Waals surface area contributed by atoms with Gasteiger partial charge >= 0.3 is 0 Å². The van der Waals surface area contributed by atoms with Crippen LogP contribution in [0, 0.1) is 0 Å². The van der Waals surface area contributed by atoms with E-state index in [0.29, 0.717) is 6.42 Å². The molecule has 0 bridgehead atoms. The van der Waals surface area contributed by atoms with E-state index < -0.39 is 0 Å². The molecule has 0 spiro atoms. The largest absolute Gasteiger partial charge is 0.371 e. The van der Waals surface area contributed by atoms with Crippen LogP contribution in [0.25, 0.3) is 0 Å². The van der Waals surface area contributed by atoms with Crippen molar-refractivity contribution in [2.45, 2.75) is 39.0 Å². The summed E-state index contributed by atoms with van der Waals surface area (Å²) in [6.07, 6.45) is 5.49. The highest BCUT2D eigenvalue weighted by Gasteiger charge is 2.24. The fourth-order valence-electron chi connectivity index (χ4n) is 3.27. The molecule has 1 aromatic carbocycles. The first kappa shape index (κ1) is 10.8. The number of aryl methyl sites for hydroxylation is 2. The molecule has 0 atom stereocenters. The Morgan fingerprint density at radius 1 is 1.18 bits per heavy atom. The minimum absolute atomic E-state index is 0.264. The maximum absolute atomic E-state index is 11.2. The molecule has 0 aromatic heterocycles. The first-order chi connectivity index (χ1) is 8.24. The number of rotatable bonds is 2. The van der Waals surface area contributed by atoms with E-state index in [2.05, 4.69) is 17.0 Å². The number of carbonyl (C=O) groups excluding carboxylic acids is 1. The second-order valence-electron chi connectivity index (χ2n) is 5.34. The first-order valence-electron chi connectivity index (χ1n) is 6.63. The van der Waals surface area contributed by atoms with Gasteiger partial charge in [0.2, 0.25) is 0 Å². The van der Waals surface area contributed by atoms with E-state index in [4.69, 9.17) is 0 Å². The molecule has 1 aromatic rings. The smallest absolute Gasteiger partial charge is 0.134 e. The molecular formula is C15H19NO. The van der Waals surface area contributed by atoms with Gasteiger partial charge in [0.05, 0.1) is 0 Å². The Kier molecular flexibility index (Phi) is 2.65. The monoisotopic (exact) mass is 229 g/mol. The van der Waals surface area contributed by atoms with Gasteiger partial charge in [0.15, 0.2) is 0 Å². The lowest BCUT2D eigenvalue weighted by Gasteiger charge is -2.37. The van der Waals surface area contributed by atoms with Gasteiger partial charge in [-0.25, -0.2) is 0 Å². The van der Waals surface area contributed by atoms with Gasteiger partial charge in [-0.3, -0.25) is 4.79 Å². The zero-order valence-corrected chi connectivity index (χ0v) is 10.5. The quantitative estimate of drug-likeness (QED) is 0.776. The molecule has 90 valence electrons. The molecular weight excluding hydrogens is 210 g/mol. The molecule has 2 nitrogen and oxygen atoms in total. The Labute approximate surface area is 103 Å². The average molecular weight is 229 g/mol. The molecule has 0 radical (unpaired) electrons. The maximum atomic E-state index is 11.2. The lowest BCUT2D eigenvalue weighted by atomic mass is 9.89. The van der Waals surface area contributed by atoms with Crippen LogP contribution in [0.4, 0.5) is 5.69 Å². The summed E-state index contributed by atoms with van der Waals surface area (Å²) in [6, 6.07) is 4.52. The second kappa shape index (κ2) is 4.17. The van der Waals surface area contributed by atoms with E-state index in [1.54, 1.807) is 6.92 Å². The van der Waals surface area contributed by atoms with Crippen molar-refractivity contribution in [1.29, 1.82) is 0 Å². The number of Topliss-reactive ketones (excluding diaryl/α,β-unsaturated/α-hetero) is 1. The number of hydrogen-bond acceptors (Lipinski definition) is 2. The summed E-state index contributed by atoms with van der Waals surface area (Å²) >= 11 is 0. The number of anilines is 1. The van der Waals surface area contributed by atoms with Gasteiger partial charge in [-0.05, 0) is 49.3 Å². The van der Waals surface area contributed by atoms with Gasteiger partial charge < -0.3 is 4.90 Å². The lowest BCUT2D eigenvalue weighted by Crippen LogP contribution is -2.34. The van der Waals surface area contributed by atoms with Crippen LogP contribution >= 0.6 is 0 Å². The Morgan fingerprint density at radius 2 is 1.76 bits per heavy atom. The summed E-state index contributed by atoms with van der Waals surface area (Å²) in [5.74, 6) is 0.264. The highest BCUT2D eigenvalue weighted by atomic mass is 16.1. The van der Waals surface area contributed by atoms with Crippen LogP contribution in [0.1, 0.15) is 36.5 Å². The van der Waals surface area contributed by atoms with Crippen LogP contribution in [-0.2, 0) is 24.1 Å². The molecule has 17 heavy (non-hydrogen) atoms. The topological polar surface area (TPSA) is 20.3 Å². The van der Waals surface area contributed by atoms with Crippen LogP contribution in [0.5, 0.6) is 0 Å². The summed E-state index contributed by atoms with van der Waals surface area (Å²) in [5, 5.41) is 0. The number of benzene rings is 1. The third kappa shape index (κ3) is 1.97. The van der Waals surface area contributed by atoms with E-state index in [9.17, 15) is 4.79 Å². The molecule has 2 aliphatic heterocycles. The summed E-state index contributed by atoms with van der Waals surface area (Å²) < 4.78 is 0. The predicted octanol–water partition coefficient (Wildman–Crippen LogP) is 2.52. The van der Waals surface area contributed by atoms with E-state index in [1.807, 2.05) is 0 Å². The summed E-state index contributed by atoms with van der Waals surface area (Å²) in [4.78, 5) is 13.8. The number of carbonyl (C=O) groups is 1. The lowest BCUT2D eigenvalue weighted by molar-refractivity contribution is -0.116. The van der Waals surface area contributed by atoms with Gasteiger partial charge in [0.1, 0.15) is 5.78 Å². The molecule has 2 heteroatoms. The molecule has 2 aliphatic rings. The van der Waals surface area contributed by atoms with Crippen molar-refractivity contribution in [3.63, 3.8) is 0 Å². The van der Waals surface area contributed by atoms with Crippen molar-refractivity contribution in [1.82, 2.24) is 0 Å². The van der Waals surface area contributed by atoms with Crippen LogP contribution in [0.2, 0.25) is 0 Å². The molecule has 0 N–H and O–H groups in total. The summed E-state index contributed by atoms with van der Waals surface area (Å²) in [5.41, 5.74) is 5.67. The Morgan fingerprint density at radius 3 is 2.29 bits per heavy atom. The van der Waals surface area contributed by atoms with Crippen LogP contribution in [0.3, 0.4) is 0 Å². The van der Waals surface area contributed by atoms with E-state index in [1.165, 1.54) is 61.2 Å². The molecule has 0 saturated carbocycles. The van der Waals surface area contributed by atoms with Gasteiger partial charge in [-0.15, -0.1) is 0 Å². The van der Waals surface area contributed by atoms with E-state index in [0.717, 1.165) is 0 Å². The van der Waals surface area contributed by atoms with Crippen LogP contribution in [-0.4, -0.2) is 18.9 Å². The Balaban J connectivity index is 2.05. The molecule has 0 fully saturated rings. The third-order valence-corrected chi connectivity index (χ3v) is 3.85. The second-order valence-corrected chi connectivity index (χ2v) is 5.34. The fourth-order valence-corrected chi connectivity index (χ4v) is 3.27. The van der Waals surface area contributed by atoms with Crippen molar-refractivity contribution < 1.29 is 4.79 Å². The fraction of sp³-hybridized carbons (Fsp3) is 0.533. The minimum Gasteiger partial charge on any atom is -0.371 e. The van der Waals surface area contributed by atoms with Crippen molar-refractivity contribution in [3.8, 4) is 0 Å². The minimum atomic E-state index is 0.264. The van der Waals surface area contributed by atoms with Gasteiger partial charge in [0.25, 0.3) is 0 Å². The van der Waals surface area contributed by atoms with Crippen molar-refractivity contribution in [2.24, 2.45) is 0 Å². The maximum Gasteiger partial charge on any atom is 0.134 e. The van der Waals surface area contributed by atoms with E-state index >= 15 is 0 Å². The van der Waals surface area contributed by atoms with Crippen molar-refractivity contribution in [3.05, 3.63) is 28.8 Å². The number of nitrogens with zero attached hydrogens (tertiary/aromatic N) is 1. The first-order valence-corrected chi connectivity index (χ1v) is 6.63. The summed E-state index contributed by atoms with van der Waals surface area (Å²) in [6.45, 7) is 4.11. The molecule has 3 rings (SSSR count). The normalized spacial score (nSPS) is 17.8. The Bertz CT molecular complexity index is 433. The van der Waals surface area contributed by atoms with Crippen molar-refractivity contribution in [2.75, 3.05) is 18.0 Å². The number of hydrogen-bond donors (Lipinski definition) is 0. The van der Waals surface area contributed by atoms with Gasteiger partial charge in [0, 0.05) is 25.2 Å². The molecule has 2 heterocycles. The zero-order chi connectivity index (χ0) is 11.8.